The molecule has 3 N–H and O–H groups in total. The van der Waals surface area contributed by atoms with Crippen LogP contribution in [-0.4, -0.2) is 47.7 Å². The highest BCUT2D eigenvalue weighted by atomic mass is 16.5. The van der Waals surface area contributed by atoms with Crippen molar-refractivity contribution in [3.8, 4) is 11.5 Å². The fraction of sp³-hybridized carbons (Fsp3) is 0.538. The number of ether oxygens (including phenoxy) is 4. The number of rotatable bonds is 9. The van der Waals surface area contributed by atoms with Crippen LogP contribution >= 0.6 is 0 Å². The van der Waals surface area contributed by atoms with Gasteiger partial charge in [0, 0.05) is 25.8 Å². The molecule has 1 rings (SSSR count). The highest BCUT2D eigenvalue weighted by Crippen LogP contribution is 2.34. The molecule has 0 aliphatic heterocycles. The lowest BCUT2D eigenvalue weighted by atomic mass is 10.2. The molecule has 0 atom stereocenters. The zero-order valence-corrected chi connectivity index (χ0v) is 11.7. The summed E-state index contributed by atoms with van der Waals surface area (Å²) in [6, 6.07) is 3.54. The summed E-state index contributed by atoms with van der Waals surface area (Å²) >= 11 is 0. The predicted molar refractivity (Wildman–Crippen MR) is 75.1 cm³/mol. The van der Waals surface area contributed by atoms with Crippen LogP contribution in [0.4, 0.5) is 11.4 Å². The van der Waals surface area contributed by atoms with E-state index in [1.807, 2.05) is 6.07 Å². The van der Waals surface area contributed by atoms with E-state index < -0.39 is 0 Å². The van der Waals surface area contributed by atoms with E-state index in [4.69, 9.17) is 24.7 Å². The number of nitrogen functional groups attached to an aromatic ring is 1. The van der Waals surface area contributed by atoms with E-state index in [9.17, 15) is 0 Å². The minimum Gasteiger partial charge on any atom is -0.493 e. The maximum atomic E-state index is 5.92. The first-order valence-electron chi connectivity index (χ1n) is 6.05. The normalized spacial score (nSPS) is 10.3. The molecule has 1 aromatic carbocycles. The average molecular weight is 270 g/mol. The second kappa shape index (κ2) is 8.44. The molecule has 0 saturated heterocycles. The number of nitrogens with one attached hydrogen (secondary N) is 1. The van der Waals surface area contributed by atoms with Crippen molar-refractivity contribution in [3.63, 3.8) is 0 Å². The molecule has 0 aliphatic carbocycles. The van der Waals surface area contributed by atoms with Crippen molar-refractivity contribution in [2.24, 2.45) is 0 Å². The molecule has 0 bridgehead atoms. The van der Waals surface area contributed by atoms with Gasteiger partial charge in [0.25, 0.3) is 0 Å². The van der Waals surface area contributed by atoms with Crippen molar-refractivity contribution in [2.45, 2.75) is 0 Å². The highest BCUT2D eigenvalue weighted by Gasteiger charge is 2.08. The quantitative estimate of drug-likeness (QED) is 0.521. The van der Waals surface area contributed by atoms with Gasteiger partial charge in [-0.3, -0.25) is 0 Å². The summed E-state index contributed by atoms with van der Waals surface area (Å²) < 4.78 is 20.6. The molecular formula is C13H22N2O4. The molecule has 0 radical (unpaired) electrons. The van der Waals surface area contributed by atoms with Crippen molar-refractivity contribution in [2.75, 3.05) is 58.7 Å². The van der Waals surface area contributed by atoms with Gasteiger partial charge in [0.2, 0.25) is 0 Å². The molecule has 0 unspecified atom stereocenters. The van der Waals surface area contributed by atoms with Gasteiger partial charge in [-0.15, -0.1) is 0 Å². The number of benzene rings is 1. The molecule has 0 spiro atoms. The van der Waals surface area contributed by atoms with Crippen molar-refractivity contribution in [3.05, 3.63) is 12.1 Å². The molecule has 0 amide bonds. The van der Waals surface area contributed by atoms with E-state index in [2.05, 4.69) is 5.32 Å². The van der Waals surface area contributed by atoms with E-state index in [1.165, 1.54) is 0 Å². The molecule has 108 valence electrons. The Kier molecular flexibility index (Phi) is 6.84. The molecule has 6 nitrogen and oxygen atoms in total. The van der Waals surface area contributed by atoms with Gasteiger partial charge in [0.15, 0.2) is 11.5 Å². The van der Waals surface area contributed by atoms with E-state index in [-0.39, 0.29) is 0 Å². The topological polar surface area (TPSA) is 75.0 Å². The SMILES string of the molecule is COCCOCCNc1cc(OC)c(OC)cc1N. The summed E-state index contributed by atoms with van der Waals surface area (Å²) in [6.45, 7) is 2.42. The van der Waals surface area contributed by atoms with Crippen LogP contribution in [0.3, 0.4) is 0 Å². The standard InChI is InChI=1S/C13H22N2O4/c1-16-6-7-19-5-4-15-11-9-13(18-3)12(17-2)8-10(11)14/h8-9,15H,4-7,14H2,1-3H3. The van der Waals surface area contributed by atoms with Crippen LogP contribution in [0.25, 0.3) is 0 Å². The van der Waals surface area contributed by atoms with Crippen LogP contribution in [0.5, 0.6) is 11.5 Å². The Hall–Kier alpha value is -1.66. The second-order valence-electron chi connectivity index (χ2n) is 3.83. The van der Waals surface area contributed by atoms with Gasteiger partial charge in [-0.1, -0.05) is 0 Å². The van der Waals surface area contributed by atoms with Crippen LogP contribution in [0, 0.1) is 0 Å². The molecule has 0 fully saturated rings. The van der Waals surface area contributed by atoms with Crippen molar-refractivity contribution in [1.82, 2.24) is 0 Å². The van der Waals surface area contributed by atoms with Crippen LogP contribution in [0.1, 0.15) is 0 Å². The summed E-state index contributed by atoms with van der Waals surface area (Å²) in [5, 5.41) is 3.19. The Morgan fingerprint density at radius 2 is 1.68 bits per heavy atom. The molecule has 19 heavy (non-hydrogen) atoms. The molecule has 0 heterocycles. The third-order valence-corrected chi connectivity index (χ3v) is 2.55. The summed E-state index contributed by atoms with van der Waals surface area (Å²) in [6.07, 6.45) is 0. The third-order valence-electron chi connectivity index (χ3n) is 2.55. The average Bonchev–Trinajstić information content (AvgIpc) is 2.43. The number of hydrogen-bond donors (Lipinski definition) is 2. The Morgan fingerprint density at radius 3 is 2.32 bits per heavy atom. The van der Waals surface area contributed by atoms with E-state index >= 15 is 0 Å². The van der Waals surface area contributed by atoms with Crippen LogP contribution < -0.4 is 20.5 Å². The minimum atomic E-state index is 0.581. The van der Waals surface area contributed by atoms with Crippen molar-refractivity contribution < 1.29 is 18.9 Å². The fourth-order valence-electron chi connectivity index (χ4n) is 1.55. The maximum Gasteiger partial charge on any atom is 0.162 e. The van der Waals surface area contributed by atoms with Gasteiger partial charge < -0.3 is 30.0 Å². The smallest absolute Gasteiger partial charge is 0.162 e. The Balaban J connectivity index is 2.49. The lowest BCUT2D eigenvalue weighted by molar-refractivity contribution is 0.0759. The lowest BCUT2D eigenvalue weighted by Crippen LogP contribution is -2.13. The molecule has 6 heteroatoms. The predicted octanol–water partition coefficient (Wildman–Crippen LogP) is 1.36. The van der Waals surface area contributed by atoms with Gasteiger partial charge in [-0.2, -0.15) is 0 Å². The van der Waals surface area contributed by atoms with Crippen LogP contribution in [0.15, 0.2) is 12.1 Å². The van der Waals surface area contributed by atoms with Crippen LogP contribution in [0.2, 0.25) is 0 Å². The Labute approximate surface area is 113 Å². The molecule has 1 aromatic rings. The second-order valence-corrected chi connectivity index (χ2v) is 3.83. The first kappa shape index (κ1) is 15.4. The van der Waals surface area contributed by atoms with Gasteiger partial charge in [-0.25, -0.2) is 0 Å². The number of hydrogen-bond acceptors (Lipinski definition) is 6. The summed E-state index contributed by atoms with van der Waals surface area (Å²) in [4.78, 5) is 0. The summed E-state index contributed by atoms with van der Waals surface area (Å²) in [7, 11) is 4.81. The van der Waals surface area contributed by atoms with E-state index in [1.54, 1.807) is 27.4 Å². The third kappa shape index (κ3) is 4.84. The fourth-order valence-corrected chi connectivity index (χ4v) is 1.55. The summed E-state index contributed by atoms with van der Waals surface area (Å²) in [5.74, 6) is 1.25. The monoisotopic (exact) mass is 270 g/mol. The zero-order chi connectivity index (χ0) is 14.1. The Bertz CT molecular complexity index is 385. The van der Waals surface area contributed by atoms with E-state index in [0.29, 0.717) is 43.6 Å². The Morgan fingerprint density at radius 1 is 1.00 bits per heavy atom. The van der Waals surface area contributed by atoms with Crippen molar-refractivity contribution in [1.29, 1.82) is 0 Å². The van der Waals surface area contributed by atoms with Gasteiger partial charge in [0.1, 0.15) is 0 Å². The van der Waals surface area contributed by atoms with Gasteiger partial charge in [0.05, 0.1) is 45.4 Å². The largest absolute Gasteiger partial charge is 0.493 e. The number of nitrogens with two attached hydrogens (primary N) is 1. The minimum absolute atomic E-state index is 0.581. The molecule has 0 aliphatic rings. The number of anilines is 2. The van der Waals surface area contributed by atoms with E-state index in [0.717, 1.165) is 5.69 Å². The first-order chi connectivity index (χ1) is 9.22. The zero-order valence-electron chi connectivity index (χ0n) is 11.7. The summed E-state index contributed by atoms with van der Waals surface area (Å²) in [5.41, 5.74) is 7.33. The molecule has 0 aromatic heterocycles. The van der Waals surface area contributed by atoms with Gasteiger partial charge in [-0.05, 0) is 0 Å². The van der Waals surface area contributed by atoms with Crippen LogP contribution in [-0.2, 0) is 9.47 Å². The first-order valence-corrected chi connectivity index (χ1v) is 6.05. The maximum absolute atomic E-state index is 5.92. The highest BCUT2D eigenvalue weighted by molar-refractivity contribution is 5.72. The van der Waals surface area contributed by atoms with Gasteiger partial charge >= 0.3 is 0 Å². The number of methoxy groups -OCH3 is 3. The lowest BCUT2D eigenvalue weighted by Gasteiger charge is -2.14. The molecular weight excluding hydrogens is 248 g/mol. The molecule has 0 saturated carbocycles. The van der Waals surface area contributed by atoms with Crippen molar-refractivity contribution >= 4 is 11.4 Å².